The van der Waals surface area contributed by atoms with Gasteiger partial charge in [-0.3, -0.25) is 4.79 Å². The minimum absolute atomic E-state index is 0.104. The number of carbonyl (C=O) groups excluding carboxylic acids is 1. The lowest BCUT2D eigenvalue weighted by Gasteiger charge is -2.21. The van der Waals surface area contributed by atoms with Crippen molar-refractivity contribution in [1.29, 1.82) is 0 Å². The van der Waals surface area contributed by atoms with Crippen LogP contribution in [0.5, 0.6) is 5.75 Å². The van der Waals surface area contributed by atoms with Crippen molar-refractivity contribution in [1.82, 2.24) is 4.90 Å². The third-order valence-electron chi connectivity index (χ3n) is 2.45. The summed E-state index contributed by atoms with van der Waals surface area (Å²) in [6, 6.07) is 3.64. The first-order valence-electron chi connectivity index (χ1n) is 4.83. The number of aromatic hydroxyl groups is 1. The SMILES string of the molecule is CC(C(=O)O)N(C)C(=O)c1cc(I)ccc1O. The van der Waals surface area contributed by atoms with Gasteiger partial charge in [0.1, 0.15) is 11.8 Å². The van der Waals surface area contributed by atoms with Gasteiger partial charge in [-0.25, -0.2) is 4.79 Å². The number of phenolic OH excluding ortho intramolecular Hbond substituents is 1. The molecule has 0 aliphatic heterocycles. The van der Waals surface area contributed by atoms with E-state index in [-0.39, 0.29) is 11.3 Å². The summed E-state index contributed by atoms with van der Waals surface area (Å²) < 4.78 is 0.792. The monoisotopic (exact) mass is 349 g/mol. The van der Waals surface area contributed by atoms with Crippen LogP contribution in [0, 0.1) is 3.57 Å². The van der Waals surface area contributed by atoms with Crippen molar-refractivity contribution in [3.8, 4) is 5.75 Å². The van der Waals surface area contributed by atoms with Crippen molar-refractivity contribution >= 4 is 34.5 Å². The van der Waals surface area contributed by atoms with Crippen LogP contribution in [-0.4, -0.2) is 40.1 Å². The van der Waals surface area contributed by atoms with Gasteiger partial charge in [0.25, 0.3) is 5.91 Å². The van der Waals surface area contributed by atoms with Crippen LogP contribution in [0.2, 0.25) is 0 Å². The number of carboxylic acid groups (broad SMARTS) is 1. The number of phenols is 1. The minimum atomic E-state index is -1.09. The first kappa shape index (κ1) is 13.8. The van der Waals surface area contributed by atoms with Crippen molar-refractivity contribution in [2.45, 2.75) is 13.0 Å². The van der Waals surface area contributed by atoms with Crippen LogP contribution < -0.4 is 0 Å². The van der Waals surface area contributed by atoms with E-state index >= 15 is 0 Å². The van der Waals surface area contributed by atoms with Crippen LogP contribution in [0.25, 0.3) is 0 Å². The molecule has 17 heavy (non-hydrogen) atoms. The molecule has 0 fully saturated rings. The fraction of sp³-hybridized carbons (Fsp3) is 0.273. The predicted molar refractivity (Wildman–Crippen MR) is 70.0 cm³/mol. The van der Waals surface area contributed by atoms with Crippen molar-refractivity contribution in [3.63, 3.8) is 0 Å². The molecule has 0 bridgehead atoms. The van der Waals surface area contributed by atoms with Crippen LogP contribution in [0.4, 0.5) is 0 Å². The molecular formula is C11H12INO4. The van der Waals surface area contributed by atoms with Gasteiger partial charge in [-0.05, 0) is 47.7 Å². The molecule has 0 aliphatic rings. The molecule has 92 valence electrons. The highest BCUT2D eigenvalue weighted by Gasteiger charge is 2.24. The molecule has 0 radical (unpaired) electrons. The lowest BCUT2D eigenvalue weighted by atomic mass is 10.1. The van der Waals surface area contributed by atoms with Crippen molar-refractivity contribution < 1.29 is 19.8 Å². The summed E-state index contributed by atoms with van der Waals surface area (Å²) in [5.74, 6) is -1.76. The number of benzene rings is 1. The number of nitrogens with zero attached hydrogens (tertiary/aromatic N) is 1. The predicted octanol–water partition coefficient (Wildman–Crippen LogP) is 1.54. The number of aliphatic carboxylic acids is 1. The molecule has 0 aromatic heterocycles. The molecule has 1 rings (SSSR count). The maximum atomic E-state index is 12.0. The number of amides is 1. The Morgan fingerprint density at radius 2 is 2.00 bits per heavy atom. The van der Waals surface area contributed by atoms with Crippen LogP contribution in [0.3, 0.4) is 0 Å². The second kappa shape index (κ2) is 5.35. The van der Waals surface area contributed by atoms with E-state index in [1.165, 1.54) is 26.1 Å². The molecule has 0 spiro atoms. The first-order chi connectivity index (χ1) is 7.84. The fourth-order valence-corrected chi connectivity index (χ4v) is 1.70. The molecule has 0 aliphatic carbocycles. The summed E-state index contributed by atoms with van der Waals surface area (Å²) in [6.07, 6.45) is 0. The number of carbonyl (C=O) groups is 2. The van der Waals surface area contributed by atoms with Crippen LogP contribution in [0.15, 0.2) is 18.2 Å². The molecular weight excluding hydrogens is 337 g/mol. The lowest BCUT2D eigenvalue weighted by Crippen LogP contribution is -2.40. The highest BCUT2D eigenvalue weighted by Crippen LogP contribution is 2.21. The number of likely N-dealkylation sites (N-methyl/N-ethyl adjacent to an activating group) is 1. The van der Waals surface area contributed by atoms with E-state index in [9.17, 15) is 14.7 Å². The quantitative estimate of drug-likeness (QED) is 0.812. The van der Waals surface area contributed by atoms with Crippen molar-refractivity contribution in [2.24, 2.45) is 0 Å². The molecule has 2 N–H and O–H groups in total. The number of halogens is 1. The second-order valence-corrected chi connectivity index (χ2v) is 4.84. The van der Waals surface area contributed by atoms with E-state index in [2.05, 4.69) is 0 Å². The maximum Gasteiger partial charge on any atom is 0.326 e. The Kier molecular flexibility index (Phi) is 4.33. The van der Waals surface area contributed by atoms with Gasteiger partial charge in [0.2, 0.25) is 0 Å². The lowest BCUT2D eigenvalue weighted by molar-refractivity contribution is -0.141. The Balaban J connectivity index is 3.04. The van der Waals surface area contributed by atoms with Crippen molar-refractivity contribution in [2.75, 3.05) is 7.05 Å². The standard InChI is InChI=1S/C11H12INO4/c1-6(11(16)17)13(2)10(15)8-5-7(12)3-4-9(8)14/h3-6,14H,1-2H3,(H,16,17). The average molecular weight is 349 g/mol. The molecule has 0 heterocycles. The molecule has 1 amide bonds. The van der Waals surface area contributed by atoms with Gasteiger partial charge in [0.15, 0.2) is 0 Å². The van der Waals surface area contributed by atoms with Gasteiger partial charge in [-0.2, -0.15) is 0 Å². The number of hydrogen-bond acceptors (Lipinski definition) is 3. The maximum absolute atomic E-state index is 12.0. The molecule has 6 heteroatoms. The van der Waals surface area contributed by atoms with Crippen LogP contribution in [0.1, 0.15) is 17.3 Å². The summed E-state index contributed by atoms with van der Waals surface area (Å²) >= 11 is 2.01. The summed E-state index contributed by atoms with van der Waals surface area (Å²) in [5, 5.41) is 18.4. The van der Waals surface area contributed by atoms with Gasteiger partial charge in [-0.1, -0.05) is 0 Å². The van der Waals surface area contributed by atoms with E-state index in [0.29, 0.717) is 0 Å². The Morgan fingerprint density at radius 3 is 2.53 bits per heavy atom. The summed E-state index contributed by atoms with van der Waals surface area (Å²) in [5.41, 5.74) is 0.104. The fourth-order valence-electron chi connectivity index (χ4n) is 1.21. The normalized spacial score (nSPS) is 11.9. The highest BCUT2D eigenvalue weighted by molar-refractivity contribution is 14.1. The third kappa shape index (κ3) is 3.09. The smallest absolute Gasteiger partial charge is 0.326 e. The zero-order valence-corrected chi connectivity index (χ0v) is 11.5. The van der Waals surface area contributed by atoms with Crippen LogP contribution >= 0.6 is 22.6 Å². The minimum Gasteiger partial charge on any atom is -0.507 e. The Hall–Kier alpha value is -1.31. The van der Waals surface area contributed by atoms with E-state index in [0.717, 1.165) is 8.47 Å². The average Bonchev–Trinajstić information content (AvgIpc) is 2.29. The van der Waals surface area contributed by atoms with Gasteiger partial charge >= 0.3 is 5.97 Å². The Labute approximate surface area is 112 Å². The van der Waals surface area contributed by atoms with Gasteiger partial charge < -0.3 is 15.1 Å². The Bertz CT molecular complexity index is 461. The summed E-state index contributed by atoms with van der Waals surface area (Å²) in [6.45, 7) is 1.41. The van der Waals surface area contributed by atoms with E-state index in [4.69, 9.17) is 5.11 Å². The molecule has 1 aromatic rings. The molecule has 1 unspecified atom stereocenters. The van der Waals surface area contributed by atoms with E-state index in [1.54, 1.807) is 6.07 Å². The Morgan fingerprint density at radius 1 is 1.41 bits per heavy atom. The zero-order valence-electron chi connectivity index (χ0n) is 9.35. The molecule has 1 aromatic carbocycles. The first-order valence-corrected chi connectivity index (χ1v) is 5.91. The molecule has 0 saturated heterocycles. The zero-order chi connectivity index (χ0) is 13.2. The largest absolute Gasteiger partial charge is 0.507 e. The van der Waals surface area contributed by atoms with Crippen LogP contribution in [-0.2, 0) is 4.79 Å². The van der Waals surface area contributed by atoms with E-state index < -0.39 is 17.9 Å². The van der Waals surface area contributed by atoms with Gasteiger partial charge in [0.05, 0.1) is 5.56 Å². The topological polar surface area (TPSA) is 77.8 Å². The molecule has 1 atom stereocenters. The van der Waals surface area contributed by atoms with Gasteiger partial charge in [0, 0.05) is 10.6 Å². The van der Waals surface area contributed by atoms with Crippen molar-refractivity contribution in [3.05, 3.63) is 27.3 Å². The third-order valence-corrected chi connectivity index (χ3v) is 3.12. The molecule has 0 saturated carbocycles. The summed E-state index contributed by atoms with van der Waals surface area (Å²) in [4.78, 5) is 23.8. The number of hydrogen-bond donors (Lipinski definition) is 2. The molecule has 5 nitrogen and oxygen atoms in total. The summed E-state index contributed by atoms with van der Waals surface area (Å²) in [7, 11) is 1.39. The second-order valence-electron chi connectivity index (χ2n) is 3.59. The van der Waals surface area contributed by atoms with Gasteiger partial charge in [-0.15, -0.1) is 0 Å². The number of rotatable bonds is 3. The highest BCUT2D eigenvalue weighted by atomic mass is 127. The number of carboxylic acids is 1. The van der Waals surface area contributed by atoms with E-state index in [1.807, 2.05) is 22.6 Å².